The van der Waals surface area contributed by atoms with Crippen LogP contribution in [0.3, 0.4) is 0 Å². The van der Waals surface area contributed by atoms with E-state index in [1.807, 2.05) is 40.5 Å². The zero-order chi connectivity index (χ0) is 23.2. The zero-order valence-corrected chi connectivity index (χ0v) is 21.2. The topological polar surface area (TPSA) is 60.7 Å². The molecule has 0 spiro atoms. The number of aliphatic hydroxyl groups is 1. The fourth-order valence-electron chi connectivity index (χ4n) is 4.85. The summed E-state index contributed by atoms with van der Waals surface area (Å²) in [6.45, 7) is 2.53. The molecule has 2 heterocycles. The Hall–Kier alpha value is -1.62. The molecule has 5 rings (SSSR count). The van der Waals surface area contributed by atoms with Gasteiger partial charge in [0.05, 0.1) is 24.3 Å². The highest BCUT2D eigenvalue weighted by molar-refractivity contribution is 14.2. The standard InChI is InChI=1S/C25H25FINO4S/c1-2-31-24(29)23-10-16(14-32-23)20-13-28(33-27)22-12-21(26)18(11-19(20)22)15-4-6-17(7-5-15)25(30)8-3-9-25/h4-7,11-13,16,23,30H,2-3,8-10,14H2,1H3. The van der Waals surface area contributed by atoms with Gasteiger partial charge in [0.15, 0.2) is 6.10 Å². The molecule has 0 bridgehead atoms. The molecule has 8 heteroatoms. The maximum Gasteiger partial charge on any atom is 0.335 e. The van der Waals surface area contributed by atoms with Crippen molar-refractivity contribution in [2.45, 2.75) is 50.2 Å². The average Bonchev–Trinajstić information content (AvgIpc) is 3.42. The van der Waals surface area contributed by atoms with Crippen molar-refractivity contribution in [2.24, 2.45) is 0 Å². The van der Waals surface area contributed by atoms with Gasteiger partial charge in [0, 0.05) is 53.4 Å². The van der Waals surface area contributed by atoms with Gasteiger partial charge in [-0.3, -0.25) is 3.97 Å². The molecule has 3 aromatic rings. The summed E-state index contributed by atoms with van der Waals surface area (Å²) in [7, 11) is 1.48. The summed E-state index contributed by atoms with van der Waals surface area (Å²) in [5.41, 5.74) is 3.29. The first kappa shape index (κ1) is 23.1. The third kappa shape index (κ3) is 4.19. The Bertz CT molecular complexity index is 1190. The van der Waals surface area contributed by atoms with Gasteiger partial charge >= 0.3 is 5.97 Å². The largest absolute Gasteiger partial charge is 0.464 e. The minimum Gasteiger partial charge on any atom is -0.464 e. The van der Waals surface area contributed by atoms with E-state index >= 15 is 4.39 Å². The lowest BCUT2D eigenvalue weighted by Gasteiger charge is -2.37. The van der Waals surface area contributed by atoms with Gasteiger partial charge in [0.25, 0.3) is 0 Å². The van der Waals surface area contributed by atoms with Crippen molar-refractivity contribution in [3.63, 3.8) is 0 Å². The summed E-state index contributed by atoms with van der Waals surface area (Å²) >= 11 is 2.18. The van der Waals surface area contributed by atoms with Crippen molar-refractivity contribution in [3.05, 3.63) is 59.5 Å². The highest BCUT2D eigenvalue weighted by Gasteiger charge is 2.36. The van der Waals surface area contributed by atoms with E-state index in [1.54, 1.807) is 13.0 Å². The maximum atomic E-state index is 15.2. The number of halogens is 2. The predicted octanol–water partition coefficient (Wildman–Crippen LogP) is 6.10. The van der Waals surface area contributed by atoms with Crippen molar-refractivity contribution >= 4 is 47.2 Å². The molecule has 33 heavy (non-hydrogen) atoms. The Kier molecular flexibility index (Phi) is 6.45. The fraction of sp³-hybridized carbons (Fsp3) is 0.400. The van der Waals surface area contributed by atoms with E-state index in [-0.39, 0.29) is 17.7 Å². The van der Waals surface area contributed by atoms with Crippen LogP contribution in [0.5, 0.6) is 0 Å². The van der Waals surface area contributed by atoms with E-state index in [0.717, 1.165) is 46.9 Å². The van der Waals surface area contributed by atoms with Gasteiger partial charge in [-0.2, -0.15) is 0 Å². The quantitative estimate of drug-likeness (QED) is 0.282. The number of hydrogen-bond donors (Lipinski definition) is 1. The number of hydrogen-bond acceptors (Lipinski definition) is 5. The number of aromatic nitrogens is 1. The second kappa shape index (κ2) is 9.20. The highest BCUT2D eigenvalue weighted by atomic mass is 127. The molecule has 174 valence electrons. The SMILES string of the molecule is CCOC(=O)C1CC(c2cn(SI)c3cc(F)c(-c4ccc(C5(O)CCC5)cc4)cc23)CO1. The molecule has 1 aliphatic carbocycles. The van der Waals surface area contributed by atoms with Crippen molar-refractivity contribution in [1.29, 1.82) is 0 Å². The number of carbonyl (C=O) groups excluding carboxylic acids is 1. The van der Waals surface area contributed by atoms with Crippen LogP contribution in [0, 0.1) is 5.82 Å². The van der Waals surface area contributed by atoms with Gasteiger partial charge < -0.3 is 14.6 Å². The predicted molar refractivity (Wildman–Crippen MR) is 136 cm³/mol. The summed E-state index contributed by atoms with van der Waals surface area (Å²) in [5, 5.41) is 11.5. The summed E-state index contributed by atoms with van der Waals surface area (Å²) < 4.78 is 28.0. The molecule has 1 saturated heterocycles. The number of esters is 1. The smallest absolute Gasteiger partial charge is 0.335 e. The molecule has 0 radical (unpaired) electrons. The van der Waals surface area contributed by atoms with Crippen LogP contribution in [0.4, 0.5) is 4.39 Å². The first-order valence-electron chi connectivity index (χ1n) is 11.2. The van der Waals surface area contributed by atoms with Crippen LogP contribution in [0.15, 0.2) is 42.6 Å². The van der Waals surface area contributed by atoms with E-state index in [9.17, 15) is 9.90 Å². The number of nitrogens with zero attached hydrogens (tertiary/aromatic N) is 1. The number of fused-ring (bicyclic) bond motifs is 1. The third-order valence-corrected chi connectivity index (χ3v) is 8.59. The molecule has 5 nitrogen and oxygen atoms in total. The van der Waals surface area contributed by atoms with Gasteiger partial charge in [-0.15, -0.1) is 0 Å². The number of benzene rings is 2. The molecule has 2 unspecified atom stereocenters. The Morgan fingerprint density at radius 1 is 1.33 bits per heavy atom. The van der Waals surface area contributed by atoms with Crippen LogP contribution >= 0.6 is 30.3 Å². The summed E-state index contributed by atoms with van der Waals surface area (Å²) in [6, 6.07) is 11.0. The Morgan fingerprint density at radius 2 is 2.09 bits per heavy atom. The maximum absolute atomic E-state index is 15.2. The Labute approximate surface area is 208 Å². The van der Waals surface area contributed by atoms with Crippen molar-refractivity contribution < 1.29 is 23.8 Å². The number of ether oxygens (including phenoxy) is 2. The van der Waals surface area contributed by atoms with E-state index in [0.29, 0.717) is 25.2 Å². The zero-order valence-electron chi connectivity index (χ0n) is 18.2. The first-order chi connectivity index (χ1) is 15.9. The minimum absolute atomic E-state index is 0.0280. The van der Waals surface area contributed by atoms with Crippen molar-refractivity contribution in [2.75, 3.05) is 13.2 Å². The Balaban J connectivity index is 1.50. The monoisotopic (exact) mass is 581 g/mol. The Morgan fingerprint density at radius 3 is 2.73 bits per heavy atom. The van der Waals surface area contributed by atoms with Gasteiger partial charge in [0.2, 0.25) is 0 Å². The third-order valence-electron chi connectivity index (χ3n) is 6.86. The average molecular weight is 581 g/mol. The van der Waals surface area contributed by atoms with Gasteiger partial charge in [-0.25, -0.2) is 9.18 Å². The number of rotatable bonds is 6. The van der Waals surface area contributed by atoms with E-state index in [2.05, 4.69) is 21.2 Å². The molecule has 1 aliphatic heterocycles. The molecule has 2 aromatic carbocycles. The molecule has 1 N–H and O–H groups in total. The number of carbonyl (C=O) groups is 1. The van der Waals surface area contributed by atoms with Crippen LogP contribution in [-0.2, 0) is 19.9 Å². The van der Waals surface area contributed by atoms with Gasteiger partial charge in [0.1, 0.15) is 5.82 Å². The van der Waals surface area contributed by atoms with Crippen LogP contribution in [0.1, 0.15) is 49.7 Å². The second-order valence-corrected chi connectivity index (χ2v) is 10.5. The minimum atomic E-state index is -0.735. The molecular formula is C25H25FINO4S. The van der Waals surface area contributed by atoms with E-state index < -0.39 is 11.7 Å². The summed E-state index contributed by atoms with van der Waals surface area (Å²) in [4.78, 5) is 12.1. The van der Waals surface area contributed by atoms with Crippen LogP contribution in [-0.4, -0.2) is 34.4 Å². The molecule has 0 amide bonds. The van der Waals surface area contributed by atoms with Crippen LogP contribution in [0.25, 0.3) is 22.0 Å². The second-order valence-electron chi connectivity index (χ2n) is 8.80. The lowest BCUT2D eigenvalue weighted by Crippen LogP contribution is -2.33. The van der Waals surface area contributed by atoms with E-state index in [1.165, 1.54) is 9.12 Å². The normalized spacial score (nSPS) is 21.8. The van der Waals surface area contributed by atoms with Crippen molar-refractivity contribution in [3.8, 4) is 11.1 Å². The first-order valence-corrected chi connectivity index (χ1v) is 14.5. The molecule has 2 fully saturated rings. The molecule has 2 aliphatic rings. The van der Waals surface area contributed by atoms with Gasteiger partial charge in [-0.05, 0) is 61.4 Å². The fourth-order valence-corrected chi connectivity index (χ4v) is 6.21. The van der Waals surface area contributed by atoms with Crippen molar-refractivity contribution in [1.82, 2.24) is 3.97 Å². The van der Waals surface area contributed by atoms with E-state index in [4.69, 9.17) is 9.47 Å². The van der Waals surface area contributed by atoms with Gasteiger partial charge in [-0.1, -0.05) is 24.3 Å². The summed E-state index contributed by atoms with van der Waals surface area (Å²) in [6.07, 6.45) is 4.57. The lowest BCUT2D eigenvalue weighted by atomic mass is 9.75. The lowest BCUT2D eigenvalue weighted by molar-refractivity contribution is -0.153. The molecule has 1 aromatic heterocycles. The van der Waals surface area contributed by atoms with Crippen LogP contribution in [0.2, 0.25) is 0 Å². The molecule has 1 saturated carbocycles. The molecule has 2 atom stereocenters. The molecular weight excluding hydrogens is 556 g/mol. The highest BCUT2D eigenvalue weighted by Crippen LogP contribution is 2.43. The van der Waals surface area contributed by atoms with Crippen LogP contribution < -0.4 is 0 Å². The summed E-state index contributed by atoms with van der Waals surface area (Å²) in [5.74, 6) is -0.590.